The molecule has 3 aromatic rings. The van der Waals surface area contributed by atoms with Gasteiger partial charge in [-0.05, 0) is 30.7 Å². The zero-order chi connectivity index (χ0) is 19.2. The van der Waals surface area contributed by atoms with Crippen molar-refractivity contribution in [2.45, 2.75) is 20.0 Å². The van der Waals surface area contributed by atoms with Crippen LogP contribution in [0.5, 0.6) is 0 Å². The predicted molar refractivity (Wildman–Crippen MR) is 97.3 cm³/mol. The van der Waals surface area contributed by atoms with E-state index in [1.54, 1.807) is 6.07 Å². The number of benzene rings is 2. The molecule has 0 spiro atoms. The number of fused-ring (bicyclic) bond motifs is 1. The van der Waals surface area contributed by atoms with Crippen LogP contribution in [0.25, 0.3) is 11.0 Å². The van der Waals surface area contributed by atoms with E-state index in [-0.39, 0.29) is 24.6 Å². The van der Waals surface area contributed by atoms with Crippen LogP contribution >= 0.6 is 0 Å². The SMILES string of the molecule is CCOCc1c(C(=O)NNC(=O)Cc2ccc(F)cc2)oc2ccccc12. The first-order valence-electron chi connectivity index (χ1n) is 8.50. The van der Waals surface area contributed by atoms with Crippen LogP contribution in [-0.4, -0.2) is 18.4 Å². The Morgan fingerprint density at radius 3 is 2.56 bits per heavy atom. The Labute approximate surface area is 155 Å². The van der Waals surface area contributed by atoms with E-state index >= 15 is 0 Å². The molecule has 0 saturated heterocycles. The van der Waals surface area contributed by atoms with E-state index in [1.807, 2.05) is 25.1 Å². The average Bonchev–Trinajstić information content (AvgIpc) is 3.05. The summed E-state index contributed by atoms with van der Waals surface area (Å²) in [6.07, 6.45) is 0.00644. The third kappa shape index (κ3) is 4.51. The molecule has 0 atom stereocenters. The fraction of sp³-hybridized carbons (Fsp3) is 0.200. The number of hydrogen-bond donors (Lipinski definition) is 2. The van der Waals surface area contributed by atoms with Crippen LogP contribution in [0.3, 0.4) is 0 Å². The maximum absolute atomic E-state index is 12.9. The number of nitrogens with one attached hydrogen (secondary N) is 2. The zero-order valence-electron chi connectivity index (χ0n) is 14.8. The number of carbonyl (C=O) groups is 2. The lowest BCUT2D eigenvalue weighted by Gasteiger charge is -2.07. The molecule has 0 unspecified atom stereocenters. The van der Waals surface area contributed by atoms with Gasteiger partial charge in [-0.1, -0.05) is 30.3 Å². The summed E-state index contributed by atoms with van der Waals surface area (Å²) in [6, 6.07) is 12.8. The fourth-order valence-electron chi connectivity index (χ4n) is 2.64. The first kappa shape index (κ1) is 18.6. The second-order valence-electron chi connectivity index (χ2n) is 5.85. The van der Waals surface area contributed by atoms with Gasteiger partial charge in [-0.15, -0.1) is 0 Å². The maximum atomic E-state index is 12.9. The van der Waals surface area contributed by atoms with Gasteiger partial charge in [-0.3, -0.25) is 20.4 Å². The summed E-state index contributed by atoms with van der Waals surface area (Å²) in [5.74, 6) is -1.29. The monoisotopic (exact) mass is 370 g/mol. The van der Waals surface area contributed by atoms with Crippen LogP contribution in [0, 0.1) is 5.82 Å². The highest BCUT2D eigenvalue weighted by molar-refractivity contribution is 5.99. The van der Waals surface area contributed by atoms with Gasteiger partial charge in [0.25, 0.3) is 0 Å². The van der Waals surface area contributed by atoms with Crippen molar-refractivity contribution in [1.29, 1.82) is 0 Å². The van der Waals surface area contributed by atoms with Crippen molar-refractivity contribution in [3.8, 4) is 0 Å². The van der Waals surface area contributed by atoms with Gasteiger partial charge in [0.15, 0.2) is 5.76 Å². The number of hydrogen-bond acceptors (Lipinski definition) is 4. The highest BCUT2D eigenvalue weighted by Gasteiger charge is 2.21. The van der Waals surface area contributed by atoms with Crippen LogP contribution in [0.2, 0.25) is 0 Å². The molecule has 0 aliphatic carbocycles. The van der Waals surface area contributed by atoms with Gasteiger partial charge in [-0.25, -0.2) is 4.39 Å². The van der Waals surface area contributed by atoms with Crippen LogP contribution in [0.1, 0.15) is 28.6 Å². The Kier molecular flexibility index (Phi) is 5.83. The van der Waals surface area contributed by atoms with Crippen molar-refractivity contribution in [2.24, 2.45) is 0 Å². The molecular formula is C20H19FN2O4. The van der Waals surface area contributed by atoms with E-state index in [0.717, 1.165) is 5.39 Å². The molecule has 0 bridgehead atoms. The molecule has 27 heavy (non-hydrogen) atoms. The smallest absolute Gasteiger partial charge is 0.305 e. The summed E-state index contributed by atoms with van der Waals surface area (Å²) in [5, 5.41) is 0.786. The third-order valence-corrected chi connectivity index (χ3v) is 3.95. The van der Waals surface area contributed by atoms with E-state index < -0.39 is 11.8 Å². The first-order chi connectivity index (χ1) is 13.1. The number of rotatable bonds is 6. The van der Waals surface area contributed by atoms with Crippen molar-refractivity contribution in [3.05, 3.63) is 71.2 Å². The number of para-hydroxylation sites is 1. The number of ether oxygens (including phenoxy) is 1. The number of hydrazine groups is 1. The standard InChI is InChI=1S/C20H19FN2O4/c1-2-26-12-16-15-5-3-4-6-17(15)27-19(16)20(25)23-22-18(24)11-13-7-9-14(21)10-8-13/h3-10H,2,11-12H2,1H3,(H,22,24)(H,23,25). The number of halogens is 1. The summed E-state index contributed by atoms with van der Waals surface area (Å²) >= 11 is 0. The zero-order valence-corrected chi connectivity index (χ0v) is 14.8. The van der Waals surface area contributed by atoms with E-state index in [1.165, 1.54) is 24.3 Å². The van der Waals surface area contributed by atoms with Crippen molar-refractivity contribution in [3.63, 3.8) is 0 Å². The summed E-state index contributed by atoms with van der Waals surface area (Å²) in [5.41, 5.74) is 6.50. The summed E-state index contributed by atoms with van der Waals surface area (Å²) in [7, 11) is 0. The first-order valence-corrected chi connectivity index (χ1v) is 8.50. The molecule has 3 rings (SSSR count). The van der Waals surface area contributed by atoms with Gasteiger partial charge < -0.3 is 9.15 Å². The molecule has 2 N–H and O–H groups in total. The largest absolute Gasteiger partial charge is 0.450 e. The number of amides is 2. The van der Waals surface area contributed by atoms with E-state index in [2.05, 4.69) is 10.9 Å². The molecule has 2 aromatic carbocycles. The fourth-order valence-corrected chi connectivity index (χ4v) is 2.64. The predicted octanol–water partition coefficient (Wildman–Crippen LogP) is 3.11. The summed E-state index contributed by atoms with van der Waals surface area (Å²) in [6.45, 7) is 2.58. The Hall–Kier alpha value is -3.19. The second-order valence-corrected chi connectivity index (χ2v) is 5.85. The molecule has 0 radical (unpaired) electrons. The molecule has 0 aliphatic heterocycles. The minimum Gasteiger partial charge on any atom is -0.450 e. The van der Waals surface area contributed by atoms with Gasteiger partial charge in [-0.2, -0.15) is 0 Å². The average molecular weight is 370 g/mol. The van der Waals surface area contributed by atoms with Gasteiger partial charge >= 0.3 is 5.91 Å². The Bertz CT molecular complexity index is 950. The lowest BCUT2D eigenvalue weighted by atomic mass is 10.1. The lowest BCUT2D eigenvalue weighted by molar-refractivity contribution is -0.121. The van der Waals surface area contributed by atoms with Gasteiger partial charge in [0.2, 0.25) is 5.91 Å². The molecular weight excluding hydrogens is 351 g/mol. The summed E-state index contributed by atoms with van der Waals surface area (Å²) in [4.78, 5) is 24.5. The van der Waals surface area contributed by atoms with Gasteiger partial charge in [0, 0.05) is 17.6 Å². The topological polar surface area (TPSA) is 80.6 Å². The minimum absolute atomic E-state index is 0.00644. The molecule has 7 heteroatoms. The number of carbonyl (C=O) groups excluding carboxylic acids is 2. The molecule has 1 heterocycles. The number of furan rings is 1. The van der Waals surface area contributed by atoms with E-state index in [9.17, 15) is 14.0 Å². The van der Waals surface area contributed by atoms with Crippen LogP contribution in [0.4, 0.5) is 4.39 Å². The second kappa shape index (κ2) is 8.46. The lowest BCUT2D eigenvalue weighted by Crippen LogP contribution is -2.42. The highest BCUT2D eigenvalue weighted by Crippen LogP contribution is 2.26. The molecule has 0 aliphatic rings. The third-order valence-electron chi connectivity index (χ3n) is 3.95. The molecule has 0 fully saturated rings. The van der Waals surface area contributed by atoms with Crippen molar-refractivity contribution in [1.82, 2.24) is 10.9 Å². The highest BCUT2D eigenvalue weighted by atomic mass is 19.1. The minimum atomic E-state index is -0.576. The maximum Gasteiger partial charge on any atom is 0.305 e. The van der Waals surface area contributed by atoms with Crippen molar-refractivity contribution < 1.29 is 23.1 Å². The van der Waals surface area contributed by atoms with Crippen molar-refractivity contribution >= 4 is 22.8 Å². The van der Waals surface area contributed by atoms with E-state index in [4.69, 9.17) is 9.15 Å². The quantitative estimate of drug-likeness (QED) is 0.654. The van der Waals surface area contributed by atoms with E-state index in [0.29, 0.717) is 23.3 Å². The molecule has 6 nitrogen and oxygen atoms in total. The van der Waals surface area contributed by atoms with Gasteiger partial charge in [0.05, 0.1) is 13.0 Å². The Morgan fingerprint density at radius 2 is 1.81 bits per heavy atom. The molecule has 2 amide bonds. The van der Waals surface area contributed by atoms with Crippen molar-refractivity contribution in [2.75, 3.05) is 6.61 Å². The Morgan fingerprint density at radius 1 is 1.07 bits per heavy atom. The molecule has 1 aromatic heterocycles. The molecule has 0 saturated carbocycles. The molecule has 140 valence electrons. The van der Waals surface area contributed by atoms with Gasteiger partial charge in [0.1, 0.15) is 11.4 Å². The van der Waals surface area contributed by atoms with Crippen LogP contribution in [-0.2, 0) is 22.6 Å². The van der Waals surface area contributed by atoms with Crippen LogP contribution in [0.15, 0.2) is 52.9 Å². The normalized spacial score (nSPS) is 10.7. The Balaban J connectivity index is 1.68. The summed E-state index contributed by atoms with van der Waals surface area (Å²) < 4.78 is 24.0. The van der Waals surface area contributed by atoms with Crippen LogP contribution < -0.4 is 10.9 Å².